The summed E-state index contributed by atoms with van der Waals surface area (Å²) in [7, 11) is 0. The number of rotatable bonds is 2. The summed E-state index contributed by atoms with van der Waals surface area (Å²) in [5, 5.41) is 0. The van der Waals surface area contributed by atoms with Crippen molar-refractivity contribution in [2.75, 3.05) is 50.5 Å². The predicted octanol–water partition coefficient (Wildman–Crippen LogP) is 2.46. The Bertz CT molecular complexity index is 622. The molecule has 0 unspecified atom stereocenters. The highest BCUT2D eigenvalue weighted by Gasteiger charge is 2.53. The van der Waals surface area contributed by atoms with Crippen LogP contribution in [0, 0.1) is 5.41 Å². The number of carbonyl (C=O) groups excluding carboxylic acids is 1. The Morgan fingerprint density at radius 1 is 1.30 bits per heavy atom. The number of nitrogens with zero attached hydrogens (tertiary/aromatic N) is 3. The minimum absolute atomic E-state index is 0.132. The molecule has 2 fully saturated rings. The number of fused-ring (bicyclic) bond motifs is 1. The molecule has 5 nitrogen and oxygen atoms in total. The van der Waals surface area contributed by atoms with Crippen LogP contribution in [0.4, 0.5) is 10.5 Å². The summed E-state index contributed by atoms with van der Waals surface area (Å²) in [4.78, 5) is 16.7. The second-order valence-electron chi connectivity index (χ2n) is 6.77. The van der Waals surface area contributed by atoms with Crippen LogP contribution in [-0.4, -0.2) is 60.8 Å². The maximum absolute atomic E-state index is 12.9. The summed E-state index contributed by atoms with van der Waals surface area (Å²) >= 11 is 1.80. The molecule has 2 saturated heterocycles. The van der Waals surface area contributed by atoms with Gasteiger partial charge in [0, 0.05) is 31.6 Å². The first kappa shape index (κ1) is 15.1. The van der Waals surface area contributed by atoms with Crippen LogP contribution in [0.3, 0.4) is 0 Å². The number of hydrogen-bond acceptors (Lipinski definition) is 4. The van der Waals surface area contributed by atoms with Crippen molar-refractivity contribution >= 4 is 23.7 Å². The largest absolute Gasteiger partial charge is 0.490 e. The Balaban J connectivity index is 1.45. The van der Waals surface area contributed by atoms with Crippen molar-refractivity contribution < 1.29 is 9.53 Å². The normalized spacial score (nSPS) is 22.2. The molecule has 2 amide bonds. The van der Waals surface area contributed by atoms with E-state index in [1.165, 1.54) is 5.56 Å². The lowest BCUT2D eigenvalue weighted by atomic mass is 9.74. The number of hydrogen-bond donors (Lipinski definition) is 0. The maximum atomic E-state index is 12.9. The van der Waals surface area contributed by atoms with Gasteiger partial charge in [0.2, 0.25) is 0 Å². The highest BCUT2D eigenvalue weighted by molar-refractivity contribution is 7.96. The highest BCUT2D eigenvalue weighted by Crippen LogP contribution is 2.43. The summed E-state index contributed by atoms with van der Waals surface area (Å²) in [6, 6.07) is 6.31. The molecular formula is C17H23N3O2S. The number of aryl methyl sites for hydroxylation is 1. The van der Waals surface area contributed by atoms with Crippen LogP contribution < -0.4 is 9.64 Å². The van der Waals surface area contributed by atoms with Crippen LogP contribution in [0.25, 0.3) is 0 Å². The molecule has 6 heteroatoms. The Morgan fingerprint density at radius 2 is 2.09 bits per heavy atom. The van der Waals surface area contributed by atoms with Gasteiger partial charge in [0.15, 0.2) is 0 Å². The van der Waals surface area contributed by atoms with Crippen LogP contribution in [0.1, 0.15) is 12.5 Å². The first-order chi connectivity index (χ1) is 11.1. The average Bonchev–Trinajstić information content (AvgIpc) is 2.51. The second kappa shape index (κ2) is 5.60. The van der Waals surface area contributed by atoms with Crippen molar-refractivity contribution in [2.45, 2.75) is 13.3 Å². The molecule has 124 valence electrons. The van der Waals surface area contributed by atoms with Gasteiger partial charge in [-0.3, -0.25) is 4.90 Å². The van der Waals surface area contributed by atoms with E-state index in [4.69, 9.17) is 4.74 Å². The SMILES string of the molecule is CCc1ccc2c(c1)OCCN2C(=O)N1CC2(CN(SC)C2)C1. The van der Waals surface area contributed by atoms with Gasteiger partial charge < -0.3 is 9.64 Å². The molecule has 0 atom stereocenters. The molecule has 0 saturated carbocycles. The highest BCUT2D eigenvalue weighted by atomic mass is 32.2. The van der Waals surface area contributed by atoms with E-state index in [0.717, 1.165) is 44.0 Å². The number of ether oxygens (including phenoxy) is 1. The molecule has 23 heavy (non-hydrogen) atoms. The summed E-state index contributed by atoms with van der Waals surface area (Å²) in [6.45, 7) is 7.34. The summed E-state index contributed by atoms with van der Waals surface area (Å²) in [5.41, 5.74) is 2.52. The number of carbonyl (C=O) groups is 1. The van der Waals surface area contributed by atoms with Gasteiger partial charge in [-0.15, -0.1) is 0 Å². The zero-order chi connectivity index (χ0) is 16.0. The third kappa shape index (κ3) is 2.48. The van der Waals surface area contributed by atoms with Crippen molar-refractivity contribution in [2.24, 2.45) is 5.41 Å². The molecule has 0 bridgehead atoms. The average molecular weight is 333 g/mol. The second-order valence-corrected chi connectivity index (χ2v) is 7.66. The molecule has 3 aliphatic rings. The monoisotopic (exact) mass is 333 g/mol. The van der Waals surface area contributed by atoms with Crippen molar-refractivity contribution in [3.05, 3.63) is 23.8 Å². The molecule has 3 aliphatic heterocycles. The molecule has 4 rings (SSSR count). The van der Waals surface area contributed by atoms with Gasteiger partial charge in [-0.1, -0.05) is 24.9 Å². The third-order valence-electron chi connectivity index (χ3n) is 5.13. The van der Waals surface area contributed by atoms with Crippen molar-refractivity contribution in [3.8, 4) is 5.75 Å². The smallest absolute Gasteiger partial charge is 0.324 e. The summed E-state index contributed by atoms with van der Waals surface area (Å²) < 4.78 is 8.12. The van der Waals surface area contributed by atoms with Gasteiger partial charge in [0.1, 0.15) is 12.4 Å². The van der Waals surface area contributed by atoms with Gasteiger partial charge in [0.05, 0.1) is 12.2 Å². The Hall–Kier alpha value is -1.40. The summed E-state index contributed by atoms with van der Waals surface area (Å²) in [5.74, 6) is 0.844. The van der Waals surface area contributed by atoms with Crippen molar-refractivity contribution in [1.82, 2.24) is 9.21 Å². The Morgan fingerprint density at radius 3 is 2.78 bits per heavy atom. The van der Waals surface area contributed by atoms with Crippen LogP contribution in [0.2, 0.25) is 0 Å². The Kier molecular flexibility index (Phi) is 3.69. The van der Waals surface area contributed by atoms with E-state index in [-0.39, 0.29) is 6.03 Å². The minimum atomic E-state index is 0.132. The topological polar surface area (TPSA) is 36.0 Å². The number of urea groups is 1. The van der Waals surface area contributed by atoms with Crippen LogP contribution in [0.5, 0.6) is 5.75 Å². The van der Waals surface area contributed by atoms with Crippen molar-refractivity contribution in [3.63, 3.8) is 0 Å². The molecule has 3 heterocycles. The zero-order valence-corrected chi connectivity index (χ0v) is 14.6. The third-order valence-corrected chi connectivity index (χ3v) is 5.91. The van der Waals surface area contributed by atoms with E-state index in [1.54, 1.807) is 11.9 Å². The first-order valence-electron chi connectivity index (χ1n) is 8.25. The molecule has 1 spiro atoms. The minimum Gasteiger partial charge on any atom is -0.490 e. The molecular weight excluding hydrogens is 310 g/mol. The van der Waals surface area contributed by atoms with Gasteiger partial charge in [-0.25, -0.2) is 9.10 Å². The van der Waals surface area contributed by atoms with E-state index in [0.29, 0.717) is 18.6 Å². The standard InChI is InChI=1S/C17H23N3O2S/c1-3-13-4-5-14-15(8-13)22-7-6-20(14)16(21)18-9-17(10-18)11-19(12-17)23-2/h4-5,8H,3,6-7,9-12H2,1-2H3. The molecule has 0 aliphatic carbocycles. The van der Waals surface area contributed by atoms with Crippen LogP contribution >= 0.6 is 11.9 Å². The fraction of sp³-hybridized carbons (Fsp3) is 0.588. The molecule has 1 aromatic carbocycles. The van der Waals surface area contributed by atoms with Gasteiger partial charge in [-0.05, 0) is 30.4 Å². The zero-order valence-electron chi connectivity index (χ0n) is 13.7. The summed E-state index contributed by atoms with van der Waals surface area (Å²) in [6.07, 6.45) is 3.09. The fourth-order valence-electron chi connectivity index (χ4n) is 3.78. The first-order valence-corrected chi connectivity index (χ1v) is 9.43. The fourth-order valence-corrected chi connectivity index (χ4v) is 4.59. The number of anilines is 1. The van der Waals surface area contributed by atoms with Crippen LogP contribution in [-0.2, 0) is 6.42 Å². The maximum Gasteiger partial charge on any atom is 0.324 e. The van der Waals surface area contributed by atoms with Crippen LogP contribution in [0.15, 0.2) is 18.2 Å². The lowest BCUT2D eigenvalue weighted by Crippen LogP contribution is -2.72. The lowest BCUT2D eigenvalue weighted by molar-refractivity contribution is -0.0510. The van der Waals surface area contributed by atoms with E-state index in [2.05, 4.69) is 29.6 Å². The number of amides is 2. The lowest BCUT2D eigenvalue weighted by Gasteiger charge is -2.60. The van der Waals surface area contributed by atoms with E-state index in [9.17, 15) is 4.79 Å². The molecule has 1 aromatic rings. The quantitative estimate of drug-likeness (QED) is 0.779. The number of benzene rings is 1. The Labute approximate surface area is 141 Å². The van der Waals surface area contributed by atoms with E-state index in [1.807, 2.05) is 15.9 Å². The van der Waals surface area contributed by atoms with Gasteiger partial charge >= 0.3 is 6.03 Å². The number of likely N-dealkylation sites (tertiary alicyclic amines) is 1. The van der Waals surface area contributed by atoms with Gasteiger partial charge in [-0.2, -0.15) is 0 Å². The molecule has 0 aromatic heterocycles. The van der Waals surface area contributed by atoms with Crippen molar-refractivity contribution in [1.29, 1.82) is 0 Å². The predicted molar refractivity (Wildman–Crippen MR) is 93.2 cm³/mol. The van der Waals surface area contributed by atoms with Gasteiger partial charge in [0.25, 0.3) is 0 Å². The molecule has 0 radical (unpaired) electrons. The molecule has 0 N–H and O–H groups in total. The van der Waals surface area contributed by atoms with E-state index >= 15 is 0 Å². The van der Waals surface area contributed by atoms with E-state index < -0.39 is 0 Å².